The first kappa shape index (κ1) is 14.6. The van der Waals surface area contributed by atoms with Gasteiger partial charge in [-0.25, -0.2) is 0 Å². The molecule has 0 aliphatic rings. The van der Waals surface area contributed by atoms with Crippen molar-refractivity contribution >= 4 is 23.1 Å². The van der Waals surface area contributed by atoms with E-state index in [9.17, 15) is 4.57 Å². The molecule has 1 aromatic heterocycles. The van der Waals surface area contributed by atoms with Crippen LogP contribution >= 0.6 is 7.14 Å². The van der Waals surface area contributed by atoms with Crippen LogP contribution in [0.25, 0.3) is 0 Å². The third-order valence-electron chi connectivity index (χ3n) is 3.56. The Morgan fingerprint density at radius 2 is 1.41 bits per heavy atom. The lowest BCUT2D eigenvalue weighted by Gasteiger charge is -2.21. The normalized spacial score (nSPS) is 11.1. The largest absolute Gasteiger partial charge is 0.496 e. The maximum Gasteiger partial charge on any atom is 0.176 e. The maximum atomic E-state index is 14.1. The van der Waals surface area contributed by atoms with Crippen molar-refractivity contribution in [3.63, 3.8) is 0 Å². The van der Waals surface area contributed by atoms with E-state index in [4.69, 9.17) is 4.74 Å². The average molecular weight is 309 g/mol. The van der Waals surface area contributed by atoms with E-state index in [0.717, 1.165) is 10.6 Å². The molecule has 0 amide bonds. The Morgan fingerprint density at radius 1 is 0.864 bits per heavy atom. The van der Waals surface area contributed by atoms with Gasteiger partial charge >= 0.3 is 0 Å². The molecule has 0 atom stereocenters. The van der Waals surface area contributed by atoms with Gasteiger partial charge in [-0.1, -0.05) is 60.7 Å². The molecule has 3 nitrogen and oxygen atoms in total. The van der Waals surface area contributed by atoms with Gasteiger partial charge in [0, 0.05) is 23.0 Å². The van der Waals surface area contributed by atoms with Gasteiger partial charge in [0.15, 0.2) is 7.14 Å². The minimum absolute atomic E-state index is 0.589. The predicted molar refractivity (Wildman–Crippen MR) is 90.2 cm³/mol. The lowest BCUT2D eigenvalue weighted by atomic mass is 10.4. The van der Waals surface area contributed by atoms with E-state index in [1.54, 1.807) is 25.6 Å². The van der Waals surface area contributed by atoms with E-state index in [1.165, 1.54) is 0 Å². The summed E-state index contributed by atoms with van der Waals surface area (Å²) in [6.07, 6.45) is 3.28. The highest BCUT2D eigenvalue weighted by atomic mass is 31.2. The maximum absolute atomic E-state index is 14.1. The number of hydrogen-bond acceptors (Lipinski definition) is 3. The van der Waals surface area contributed by atoms with E-state index in [1.807, 2.05) is 60.7 Å². The van der Waals surface area contributed by atoms with E-state index in [2.05, 4.69) is 4.98 Å². The van der Waals surface area contributed by atoms with Crippen LogP contribution in [0.1, 0.15) is 0 Å². The second-order valence-corrected chi connectivity index (χ2v) is 7.56. The van der Waals surface area contributed by atoms with Crippen molar-refractivity contribution in [2.45, 2.75) is 0 Å². The molecule has 0 aliphatic heterocycles. The fraction of sp³-hybridized carbons (Fsp3) is 0.0556. The molecule has 2 aromatic carbocycles. The van der Waals surface area contributed by atoms with E-state index < -0.39 is 7.14 Å². The van der Waals surface area contributed by atoms with E-state index in [0.29, 0.717) is 11.1 Å². The molecular formula is C18H16NO2P. The first-order valence-electron chi connectivity index (χ1n) is 6.96. The fourth-order valence-electron chi connectivity index (χ4n) is 2.49. The van der Waals surface area contributed by atoms with Crippen LogP contribution in [0.3, 0.4) is 0 Å². The molecule has 0 saturated heterocycles. The second kappa shape index (κ2) is 6.17. The van der Waals surface area contributed by atoms with Crippen LogP contribution < -0.4 is 20.7 Å². The first-order chi connectivity index (χ1) is 10.8. The zero-order valence-corrected chi connectivity index (χ0v) is 13.1. The van der Waals surface area contributed by atoms with Crippen LogP contribution in [-0.2, 0) is 4.57 Å². The molecule has 22 heavy (non-hydrogen) atoms. The Morgan fingerprint density at radius 3 is 1.91 bits per heavy atom. The van der Waals surface area contributed by atoms with Gasteiger partial charge < -0.3 is 9.30 Å². The van der Waals surface area contributed by atoms with Crippen LogP contribution in [0, 0.1) is 0 Å². The van der Waals surface area contributed by atoms with Gasteiger partial charge in [-0.2, -0.15) is 0 Å². The van der Waals surface area contributed by atoms with Gasteiger partial charge in [-0.15, -0.1) is 0 Å². The van der Waals surface area contributed by atoms with Gasteiger partial charge in [0.2, 0.25) is 0 Å². The molecule has 0 saturated carbocycles. The molecule has 3 rings (SSSR count). The third kappa shape index (κ3) is 2.44. The molecule has 3 aromatic rings. The Balaban J connectivity index is 2.32. The Hall–Kier alpha value is -2.38. The van der Waals surface area contributed by atoms with Gasteiger partial charge in [-0.05, 0) is 6.07 Å². The van der Waals surface area contributed by atoms with Crippen LogP contribution in [0.4, 0.5) is 0 Å². The minimum Gasteiger partial charge on any atom is -0.496 e. The summed E-state index contributed by atoms with van der Waals surface area (Å²) in [4.78, 5) is 4.16. The van der Waals surface area contributed by atoms with E-state index in [-0.39, 0.29) is 0 Å². The SMILES string of the molecule is COc1ccncc1P(=O)(c1ccccc1)c1ccccc1. The smallest absolute Gasteiger partial charge is 0.176 e. The van der Waals surface area contributed by atoms with Gasteiger partial charge in [0.05, 0.1) is 12.4 Å². The quantitative estimate of drug-likeness (QED) is 0.696. The highest BCUT2D eigenvalue weighted by Crippen LogP contribution is 2.44. The average Bonchev–Trinajstić information content (AvgIpc) is 2.62. The summed E-state index contributed by atoms with van der Waals surface area (Å²) in [7, 11) is -1.44. The van der Waals surface area contributed by atoms with Crippen molar-refractivity contribution in [2.75, 3.05) is 7.11 Å². The standard InChI is InChI=1S/C18H16NO2P/c1-21-17-12-13-19-14-18(17)22(20,15-8-4-2-5-9-15)16-10-6-3-7-11-16/h2-14H,1H3. The highest BCUT2D eigenvalue weighted by Gasteiger charge is 2.32. The van der Waals surface area contributed by atoms with Gasteiger partial charge in [0.25, 0.3) is 0 Å². The summed E-state index contributed by atoms with van der Waals surface area (Å²) in [6.45, 7) is 0. The monoisotopic (exact) mass is 309 g/mol. The predicted octanol–water partition coefficient (Wildman–Crippen LogP) is 2.73. The number of pyridine rings is 1. The van der Waals surface area contributed by atoms with Crippen LogP contribution in [0.2, 0.25) is 0 Å². The number of benzene rings is 2. The molecule has 0 unspecified atom stereocenters. The molecule has 0 bridgehead atoms. The van der Waals surface area contributed by atoms with Crippen molar-refractivity contribution < 1.29 is 9.30 Å². The molecule has 0 aliphatic carbocycles. The number of methoxy groups -OCH3 is 1. The van der Waals surface area contributed by atoms with E-state index >= 15 is 0 Å². The minimum atomic E-state index is -3.02. The van der Waals surface area contributed by atoms with Gasteiger partial charge in [-0.3, -0.25) is 4.98 Å². The fourth-order valence-corrected chi connectivity index (χ4v) is 5.23. The Bertz CT molecular complexity index is 760. The molecule has 110 valence electrons. The Kier molecular flexibility index (Phi) is 4.08. The Labute approximate surface area is 130 Å². The topological polar surface area (TPSA) is 39.2 Å². The molecule has 4 heteroatoms. The molecule has 0 fully saturated rings. The van der Waals surface area contributed by atoms with Crippen molar-refractivity contribution in [3.8, 4) is 5.75 Å². The van der Waals surface area contributed by atoms with Crippen LogP contribution in [0.5, 0.6) is 5.75 Å². The molecule has 0 N–H and O–H groups in total. The highest BCUT2D eigenvalue weighted by molar-refractivity contribution is 7.85. The van der Waals surface area contributed by atoms with Gasteiger partial charge in [0.1, 0.15) is 5.75 Å². The lowest BCUT2D eigenvalue weighted by molar-refractivity contribution is 0.417. The number of hydrogen-bond donors (Lipinski definition) is 0. The lowest BCUT2D eigenvalue weighted by Crippen LogP contribution is -2.26. The van der Waals surface area contributed by atoms with Crippen molar-refractivity contribution in [1.29, 1.82) is 0 Å². The summed E-state index contributed by atoms with van der Waals surface area (Å²) >= 11 is 0. The summed E-state index contributed by atoms with van der Waals surface area (Å²) in [5.74, 6) is 0.589. The van der Waals surface area contributed by atoms with Crippen LogP contribution in [0.15, 0.2) is 79.1 Å². The molecule has 1 heterocycles. The van der Waals surface area contributed by atoms with Crippen molar-refractivity contribution in [3.05, 3.63) is 79.1 Å². The van der Waals surface area contributed by atoms with Crippen molar-refractivity contribution in [2.24, 2.45) is 0 Å². The summed E-state index contributed by atoms with van der Waals surface area (Å²) in [5.41, 5.74) is 0. The third-order valence-corrected chi connectivity index (χ3v) is 6.63. The number of nitrogens with zero attached hydrogens (tertiary/aromatic N) is 1. The zero-order valence-electron chi connectivity index (χ0n) is 12.2. The summed E-state index contributed by atoms with van der Waals surface area (Å²) in [6, 6.07) is 20.7. The number of ether oxygens (including phenoxy) is 1. The summed E-state index contributed by atoms with van der Waals surface area (Å²) in [5, 5.41) is 2.16. The zero-order chi connectivity index (χ0) is 15.4. The van der Waals surface area contributed by atoms with Crippen molar-refractivity contribution in [1.82, 2.24) is 4.98 Å². The number of aromatic nitrogens is 1. The first-order valence-corrected chi connectivity index (χ1v) is 8.67. The second-order valence-electron chi connectivity index (χ2n) is 4.83. The molecule has 0 spiro atoms. The molecular weight excluding hydrogens is 293 g/mol. The molecule has 0 radical (unpaired) electrons. The summed E-state index contributed by atoms with van der Waals surface area (Å²) < 4.78 is 19.5. The number of rotatable bonds is 4. The van der Waals surface area contributed by atoms with Crippen LogP contribution in [-0.4, -0.2) is 12.1 Å².